The first-order chi connectivity index (χ1) is 18.2. The average molecular weight is 611 g/mol. The van der Waals surface area contributed by atoms with Gasteiger partial charge in [0.15, 0.2) is 0 Å². The zero-order valence-electron chi connectivity index (χ0n) is 22.6. The molecule has 3 unspecified atom stereocenters. The number of carbonyl (C=O) groups excluding carboxylic acids is 3. The number of alkyl halides is 1. The molecule has 0 saturated carbocycles. The van der Waals surface area contributed by atoms with Crippen LogP contribution in [0.2, 0.25) is 0 Å². The Balaban J connectivity index is 1.65. The standard InChI is InChI=1S/C28H40BrN3O5S/c1-5-7-8-13-30-26(35)24-28-14-19(29)23(38-28)21(22(28)27(36)32(24)20(15-33)16(3)4)25(34)31-17-9-11-18(12-10-17)37-6-2/h9-12,16,19-24,33H,5-8,13-15H2,1-4H3,(H,30,35)(H,31,34)/t19?,20-,21-,22-,23-,24?,28?/m0/s1. The second-order valence-electron chi connectivity index (χ2n) is 10.8. The van der Waals surface area contributed by atoms with Crippen molar-refractivity contribution in [3.8, 4) is 5.75 Å². The summed E-state index contributed by atoms with van der Waals surface area (Å²) in [6.45, 7) is 8.79. The van der Waals surface area contributed by atoms with Gasteiger partial charge in [0.25, 0.3) is 0 Å². The number of aliphatic hydroxyl groups excluding tert-OH is 1. The van der Waals surface area contributed by atoms with Gasteiger partial charge >= 0.3 is 0 Å². The summed E-state index contributed by atoms with van der Waals surface area (Å²) < 4.78 is 4.77. The fourth-order valence-corrected chi connectivity index (χ4v) is 9.95. The minimum Gasteiger partial charge on any atom is -0.494 e. The normalized spacial score (nSPS) is 30.4. The first kappa shape index (κ1) is 29.2. The topological polar surface area (TPSA) is 108 Å². The third-order valence-corrected chi connectivity index (χ3v) is 11.3. The highest BCUT2D eigenvalue weighted by Gasteiger charge is 2.76. The second-order valence-corrected chi connectivity index (χ2v) is 13.6. The summed E-state index contributed by atoms with van der Waals surface area (Å²) in [5.41, 5.74) is 0.634. The van der Waals surface area contributed by atoms with E-state index in [0.29, 0.717) is 25.3 Å². The average Bonchev–Trinajstić information content (AvgIpc) is 3.47. The van der Waals surface area contributed by atoms with Crippen LogP contribution in [-0.4, -0.2) is 74.4 Å². The van der Waals surface area contributed by atoms with Crippen molar-refractivity contribution in [1.29, 1.82) is 0 Å². The highest BCUT2D eigenvalue weighted by atomic mass is 79.9. The molecule has 1 aromatic carbocycles. The Labute approximate surface area is 238 Å². The van der Waals surface area contributed by atoms with Gasteiger partial charge in [-0.25, -0.2) is 0 Å². The molecule has 3 amide bonds. The molecule has 0 radical (unpaired) electrons. The van der Waals surface area contributed by atoms with Crippen LogP contribution in [0.25, 0.3) is 0 Å². The number of likely N-dealkylation sites (tertiary alicyclic amines) is 1. The van der Waals surface area contributed by atoms with Crippen molar-refractivity contribution in [3.05, 3.63) is 24.3 Å². The molecule has 3 N–H and O–H groups in total. The Hall–Kier alpha value is -1.78. The van der Waals surface area contributed by atoms with E-state index in [1.54, 1.807) is 40.9 Å². The molecule has 7 atom stereocenters. The number of anilines is 1. The zero-order chi connectivity index (χ0) is 27.6. The van der Waals surface area contributed by atoms with E-state index in [1.165, 1.54) is 0 Å². The van der Waals surface area contributed by atoms with Crippen LogP contribution in [0.1, 0.15) is 53.4 Å². The summed E-state index contributed by atoms with van der Waals surface area (Å²) in [5.74, 6) is -1.15. The number of nitrogens with one attached hydrogen (secondary N) is 2. The molecule has 3 aliphatic rings. The highest BCUT2D eigenvalue weighted by molar-refractivity contribution is 9.09. The lowest BCUT2D eigenvalue weighted by Crippen LogP contribution is -2.58. The Kier molecular flexibility index (Phi) is 9.35. The fourth-order valence-electron chi connectivity index (χ4n) is 6.35. The van der Waals surface area contributed by atoms with Crippen molar-refractivity contribution in [3.63, 3.8) is 0 Å². The lowest BCUT2D eigenvalue weighted by molar-refractivity contribution is -0.143. The highest BCUT2D eigenvalue weighted by Crippen LogP contribution is 2.68. The molecule has 38 heavy (non-hydrogen) atoms. The number of halogens is 1. The molecule has 3 saturated heterocycles. The molecule has 2 bridgehead atoms. The number of ether oxygens (including phenoxy) is 1. The molecule has 0 aromatic heterocycles. The predicted octanol–water partition coefficient (Wildman–Crippen LogP) is 3.81. The van der Waals surface area contributed by atoms with E-state index in [1.807, 2.05) is 20.8 Å². The maximum Gasteiger partial charge on any atom is 0.244 e. The molecule has 3 fully saturated rings. The van der Waals surface area contributed by atoms with Gasteiger partial charge in [-0.15, -0.1) is 11.8 Å². The van der Waals surface area contributed by atoms with Gasteiger partial charge in [-0.05, 0) is 49.9 Å². The van der Waals surface area contributed by atoms with Gasteiger partial charge in [0, 0.05) is 22.3 Å². The van der Waals surface area contributed by atoms with Gasteiger partial charge in [-0.2, -0.15) is 0 Å². The van der Waals surface area contributed by atoms with E-state index in [4.69, 9.17) is 4.74 Å². The van der Waals surface area contributed by atoms with Crippen molar-refractivity contribution in [2.24, 2.45) is 17.8 Å². The van der Waals surface area contributed by atoms with Crippen LogP contribution >= 0.6 is 27.7 Å². The molecule has 210 valence electrons. The molecular formula is C28H40BrN3O5S. The second kappa shape index (κ2) is 12.2. The fraction of sp³-hybridized carbons (Fsp3) is 0.679. The van der Waals surface area contributed by atoms with Gasteiger partial charge in [0.05, 0.1) is 35.8 Å². The quantitative estimate of drug-likeness (QED) is 0.246. The first-order valence-electron chi connectivity index (χ1n) is 13.8. The van der Waals surface area contributed by atoms with E-state index in [0.717, 1.165) is 25.0 Å². The molecule has 0 aliphatic carbocycles. The van der Waals surface area contributed by atoms with E-state index in [9.17, 15) is 19.5 Å². The number of amides is 3. The molecule has 4 rings (SSSR count). The SMILES string of the molecule is CCCCCNC(=O)C1N([C@@H](CO)C(C)C)C(=O)[C@@H]2[C@H](C(=O)Nc3ccc(OCC)cc3)[C@H]3SC12CC3Br. The van der Waals surface area contributed by atoms with Gasteiger partial charge in [-0.3, -0.25) is 14.4 Å². The number of unbranched alkanes of at least 4 members (excludes halogenated alkanes) is 2. The molecule has 10 heteroatoms. The maximum atomic E-state index is 14.2. The molecular weight excluding hydrogens is 570 g/mol. The van der Waals surface area contributed by atoms with E-state index in [-0.39, 0.29) is 40.3 Å². The number of thioether (sulfide) groups is 1. The summed E-state index contributed by atoms with van der Waals surface area (Å²) in [5, 5.41) is 16.3. The third-order valence-electron chi connectivity index (χ3n) is 8.10. The molecule has 8 nitrogen and oxygen atoms in total. The number of rotatable bonds is 12. The number of hydrogen-bond acceptors (Lipinski definition) is 6. The smallest absolute Gasteiger partial charge is 0.244 e. The minimum atomic E-state index is -0.737. The van der Waals surface area contributed by atoms with Crippen molar-refractivity contribution in [2.75, 3.05) is 25.1 Å². The number of aliphatic hydroxyl groups is 1. The van der Waals surface area contributed by atoms with Gasteiger partial charge in [-0.1, -0.05) is 49.5 Å². The third kappa shape index (κ3) is 5.20. The van der Waals surface area contributed by atoms with Crippen molar-refractivity contribution < 1.29 is 24.2 Å². The summed E-state index contributed by atoms with van der Waals surface area (Å²) in [4.78, 5) is 43.3. The van der Waals surface area contributed by atoms with Gasteiger partial charge in [0.1, 0.15) is 11.8 Å². The van der Waals surface area contributed by atoms with Gasteiger partial charge < -0.3 is 25.4 Å². The summed E-state index contributed by atoms with van der Waals surface area (Å²) in [6.07, 6.45) is 3.55. The van der Waals surface area contributed by atoms with E-state index >= 15 is 0 Å². The van der Waals surface area contributed by atoms with Crippen molar-refractivity contribution in [2.45, 2.75) is 80.3 Å². The number of nitrogens with zero attached hydrogens (tertiary/aromatic N) is 1. The van der Waals surface area contributed by atoms with E-state index in [2.05, 4.69) is 33.5 Å². The van der Waals surface area contributed by atoms with Crippen molar-refractivity contribution >= 4 is 51.1 Å². The molecule has 1 aromatic rings. The molecule has 1 spiro atoms. The van der Waals surface area contributed by atoms with E-state index < -0.39 is 28.7 Å². The molecule has 3 heterocycles. The Morgan fingerprint density at radius 3 is 2.53 bits per heavy atom. The van der Waals surface area contributed by atoms with Crippen LogP contribution < -0.4 is 15.4 Å². The Bertz CT molecular complexity index is 1020. The Morgan fingerprint density at radius 2 is 1.92 bits per heavy atom. The van der Waals surface area contributed by atoms with Crippen LogP contribution in [0.4, 0.5) is 5.69 Å². The number of hydrogen-bond donors (Lipinski definition) is 3. The lowest BCUT2D eigenvalue weighted by atomic mass is 9.70. The Morgan fingerprint density at radius 1 is 1.21 bits per heavy atom. The first-order valence-corrected chi connectivity index (χ1v) is 15.6. The number of benzene rings is 1. The monoisotopic (exact) mass is 609 g/mol. The molecule has 3 aliphatic heterocycles. The lowest BCUT2D eigenvalue weighted by Gasteiger charge is -2.38. The number of carbonyl (C=O) groups is 3. The van der Waals surface area contributed by atoms with Crippen LogP contribution in [0.3, 0.4) is 0 Å². The predicted molar refractivity (Wildman–Crippen MR) is 154 cm³/mol. The van der Waals surface area contributed by atoms with Crippen LogP contribution in [0.15, 0.2) is 24.3 Å². The zero-order valence-corrected chi connectivity index (χ0v) is 25.0. The summed E-state index contributed by atoms with van der Waals surface area (Å²) in [7, 11) is 0. The van der Waals surface area contributed by atoms with Crippen LogP contribution in [-0.2, 0) is 14.4 Å². The maximum absolute atomic E-state index is 14.2. The summed E-state index contributed by atoms with van der Waals surface area (Å²) in [6, 6.07) is 5.95. The van der Waals surface area contributed by atoms with Crippen LogP contribution in [0.5, 0.6) is 5.75 Å². The largest absolute Gasteiger partial charge is 0.494 e. The van der Waals surface area contributed by atoms with Crippen LogP contribution in [0, 0.1) is 17.8 Å². The van der Waals surface area contributed by atoms with Crippen molar-refractivity contribution in [1.82, 2.24) is 10.2 Å². The number of fused-ring (bicyclic) bond motifs is 1. The summed E-state index contributed by atoms with van der Waals surface area (Å²) >= 11 is 5.40. The minimum absolute atomic E-state index is 0.00500. The van der Waals surface area contributed by atoms with Gasteiger partial charge in [0.2, 0.25) is 17.7 Å².